The van der Waals surface area contributed by atoms with E-state index in [-0.39, 0.29) is 0 Å². The molecule has 2 aliphatic rings. The normalized spacial score (nSPS) is 13.0. The summed E-state index contributed by atoms with van der Waals surface area (Å²) in [5.41, 5.74) is 14.9. The van der Waals surface area contributed by atoms with E-state index in [0.29, 0.717) is 17.2 Å². The second kappa shape index (κ2) is 14.8. The lowest BCUT2D eigenvalue weighted by molar-refractivity contribution is 0.360. The van der Waals surface area contributed by atoms with Crippen molar-refractivity contribution in [2.45, 2.75) is 5.41 Å². The molecule has 0 saturated carbocycles. The van der Waals surface area contributed by atoms with Gasteiger partial charge in [-0.1, -0.05) is 200 Å². The van der Waals surface area contributed by atoms with E-state index in [2.05, 4.69) is 224 Å². The molecule has 0 unspecified atom stereocenters. The molecule has 0 N–H and O–H groups in total. The molecule has 3 nitrogen and oxygen atoms in total. The number of nitrogens with zero attached hydrogens (tertiary/aromatic N) is 1. The molecule has 3 heteroatoms. The van der Waals surface area contributed by atoms with E-state index < -0.39 is 5.41 Å². The monoisotopic (exact) mass is 829 g/mol. The Labute approximate surface area is 377 Å². The minimum absolute atomic E-state index is 0.530. The van der Waals surface area contributed by atoms with Gasteiger partial charge < -0.3 is 9.47 Å². The smallest absolute Gasteiger partial charge is 0.178 e. The van der Waals surface area contributed by atoms with Gasteiger partial charge in [-0.3, -0.25) is 0 Å². The molecule has 0 spiro atoms. The summed E-state index contributed by atoms with van der Waals surface area (Å²) in [6, 6.07) is 84.3. The van der Waals surface area contributed by atoms with Gasteiger partial charge in [-0.2, -0.15) is 0 Å². The SMILES string of the molecule is c1ccc(-c2cc(-c3ccc4c(ccc5ccccc54)c3)cc(-c3ccc(-c4ccc5c(c4)Oc4c(ccc6c4-c4ccccc4C6(c4ccccc4)c4ccccc4)O5)cc3)n2)cc1. The van der Waals surface area contributed by atoms with E-state index in [1.165, 1.54) is 43.8 Å². The lowest BCUT2D eigenvalue weighted by Gasteiger charge is -2.34. The maximum atomic E-state index is 7.02. The molecule has 10 aromatic carbocycles. The van der Waals surface area contributed by atoms with Crippen molar-refractivity contribution in [3.05, 3.63) is 259 Å². The lowest BCUT2D eigenvalue weighted by atomic mass is 9.68. The summed E-state index contributed by atoms with van der Waals surface area (Å²) < 4.78 is 13.7. The Hall–Kier alpha value is -8.53. The number of hydrogen-bond acceptors (Lipinski definition) is 3. The van der Waals surface area contributed by atoms with Crippen LogP contribution in [0.25, 0.3) is 77.4 Å². The quantitative estimate of drug-likeness (QED) is 0.156. The predicted octanol–water partition coefficient (Wildman–Crippen LogP) is 16.3. The van der Waals surface area contributed by atoms with Crippen LogP contribution in [0.3, 0.4) is 0 Å². The van der Waals surface area contributed by atoms with E-state index in [0.717, 1.165) is 61.6 Å². The fraction of sp³-hybridized carbons (Fsp3) is 0.0161. The summed E-state index contributed by atoms with van der Waals surface area (Å²) in [5.74, 6) is 2.83. The van der Waals surface area contributed by atoms with Crippen molar-refractivity contribution in [2.75, 3.05) is 0 Å². The van der Waals surface area contributed by atoms with Crippen LogP contribution in [-0.4, -0.2) is 4.98 Å². The molecular weight excluding hydrogens is 791 g/mol. The molecule has 0 amide bonds. The lowest BCUT2D eigenvalue weighted by Crippen LogP contribution is -2.28. The van der Waals surface area contributed by atoms with E-state index >= 15 is 0 Å². The largest absolute Gasteiger partial charge is 0.449 e. The molecule has 304 valence electrons. The summed E-state index contributed by atoms with van der Waals surface area (Å²) in [5, 5.41) is 4.99. The molecule has 2 heterocycles. The molecule has 1 aromatic heterocycles. The molecule has 0 bridgehead atoms. The number of hydrogen-bond donors (Lipinski definition) is 0. The molecule has 13 rings (SSSR count). The van der Waals surface area contributed by atoms with Gasteiger partial charge in [-0.25, -0.2) is 4.98 Å². The zero-order valence-corrected chi connectivity index (χ0v) is 35.3. The van der Waals surface area contributed by atoms with Crippen LogP contribution < -0.4 is 9.47 Å². The molecule has 0 saturated heterocycles. The van der Waals surface area contributed by atoms with Crippen molar-refractivity contribution in [2.24, 2.45) is 0 Å². The van der Waals surface area contributed by atoms with E-state index in [1.807, 2.05) is 12.1 Å². The number of pyridine rings is 1. The van der Waals surface area contributed by atoms with Crippen molar-refractivity contribution >= 4 is 21.5 Å². The second-order valence-corrected chi connectivity index (χ2v) is 17.0. The Kier molecular flexibility index (Phi) is 8.44. The maximum Gasteiger partial charge on any atom is 0.178 e. The van der Waals surface area contributed by atoms with Gasteiger partial charge in [0.1, 0.15) is 0 Å². The summed E-state index contributed by atoms with van der Waals surface area (Å²) in [6.45, 7) is 0. The molecule has 0 atom stereocenters. The molecule has 1 aliphatic heterocycles. The highest BCUT2D eigenvalue weighted by Gasteiger charge is 2.48. The van der Waals surface area contributed by atoms with Crippen LogP contribution in [0.4, 0.5) is 0 Å². The molecule has 0 radical (unpaired) electrons. The van der Waals surface area contributed by atoms with Gasteiger partial charge in [0, 0.05) is 16.7 Å². The Morgan fingerprint density at radius 3 is 1.66 bits per heavy atom. The molecule has 1 aliphatic carbocycles. The number of fused-ring (bicyclic) bond motifs is 9. The van der Waals surface area contributed by atoms with Crippen LogP contribution in [0.1, 0.15) is 22.3 Å². The molecule has 0 fully saturated rings. The van der Waals surface area contributed by atoms with E-state index in [1.54, 1.807) is 0 Å². The van der Waals surface area contributed by atoms with Gasteiger partial charge in [0.2, 0.25) is 0 Å². The van der Waals surface area contributed by atoms with Gasteiger partial charge in [-0.05, 0) is 108 Å². The fourth-order valence-corrected chi connectivity index (χ4v) is 10.4. The Morgan fingerprint density at radius 1 is 0.323 bits per heavy atom. The first-order chi connectivity index (χ1) is 32.2. The van der Waals surface area contributed by atoms with E-state index in [4.69, 9.17) is 14.5 Å². The van der Waals surface area contributed by atoms with Crippen molar-refractivity contribution < 1.29 is 9.47 Å². The third-order valence-corrected chi connectivity index (χ3v) is 13.4. The first kappa shape index (κ1) is 37.1. The van der Waals surface area contributed by atoms with Crippen LogP contribution >= 0.6 is 0 Å². The van der Waals surface area contributed by atoms with Gasteiger partial charge in [0.05, 0.1) is 16.8 Å². The Balaban J connectivity index is 0.868. The number of rotatable bonds is 6. The van der Waals surface area contributed by atoms with Crippen LogP contribution in [0.2, 0.25) is 0 Å². The van der Waals surface area contributed by atoms with Crippen LogP contribution in [0.5, 0.6) is 23.0 Å². The summed E-state index contributed by atoms with van der Waals surface area (Å²) in [6.07, 6.45) is 0. The third kappa shape index (κ3) is 5.93. The Bertz CT molecular complexity index is 3600. The average Bonchev–Trinajstić information content (AvgIpc) is 3.70. The van der Waals surface area contributed by atoms with Gasteiger partial charge in [0.15, 0.2) is 23.0 Å². The van der Waals surface area contributed by atoms with Crippen molar-refractivity contribution in [3.63, 3.8) is 0 Å². The molecular formula is C62H39NO2. The minimum Gasteiger partial charge on any atom is -0.449 e. The van der Waals surface area contributed by atoms with Crippen molar-refractivity contribution in [3.8, 4) is 78.9 Å². The highest BCUT2D eigenvalue weighted by Crippen LogP contribution is 2.62. The first-order valence-electron chi connectivity index (χ1n) is 22.2. The summed E-state index contributed by atoms with van der Waals surface area (Å²) in [4.78, 5) is 5.24. The topological polar surface area (TPSA) is 31.4 Å². The highest BCUT2D eigenvalue weighted by molar-refractivity contribution is 6.08. The fourth-order valence-electron chi connectivity index (χ4n) is 10.4. The zero-order chi connectivity index (χ0) is 42.9. The van der Waals surface area contributed by atoms with E-state index in [9.17, 15) is 0 Å². The number of aromatic nitrogens is 1. The second-order valence-electron chi connectivity index (χ2n) is 17.0. The standard InChI is InChI=1S/C62H39NO2/c1-4-15-42(16-5-1)55-37-47(44-30-32-51-46(36-44)29-26-41-14-10-11-21-50(41)51)38-56(63-55)43-27-24-40(25-28-43)45-31-34-57-59(39-45)65-61-58(64-57)35-33-54-60(61)52-22-12-13-23-53(52)62(54,48-17-6-2-7-18-48)49-19-8-3-9-20-49/h1-39H. The summed E-state index contributed by atoms with van der Waals surface area (Å²) >= 11 is 0. The first-order valence-corrected chi connectivity index (χ1v) is 22.2. The minimum atomic E-state index is -0.530. The van der Waals surface area contributed by atoms with Gasteiger partial charge >= 0.3 is 0 Å². The number of benzene rings is 10. The number of ether oxygens (including phenoxy) is 2. The van der Waals surface area contributed by atoms with Gasteiger partial charge in [-0.15, -0.1) is 0 Å². The van der Waals surface area contributed by atoms with Crippen LogP contribution in [-0.2, 0) is 5.41 Å². The maximum absolute atomic E-state index is 7.02. The molecule has 65 heavy (non-hydrogen) atoms. The third-order valence-electron chi connectivity index (χ3n) is 13.4. The zero-order valence-electron chi connectivity index (χ0n) is 35.3. The van der Waals surface area contributed by atoms with Crippen molar-refractivity contribution in [1.29, 1.82) is 0 Å². The summed E-state index contributed by atoms with van der Waals surface area (Å²) in [7, 11) is 0. The van der Waals surface area contributed by atoms with Crippen LogP contribution in [0, 0.1) is 0 Å². The van der Waals surface area contributed by atoms with Crippen LogP contribution in [0.15, 0.2) is 237 Å². The Morgan fingerprint density at radius 2 is 0.892 bits per heavy atom. The highest BCUT2D eigenvalue weighted by atomic mass is 16.6. The average molecular weight is 830 g/mol. The van der Waals surface area contributed by atoms with Crippen molar-refractivity contribution in [1.82, 2.24) is 4.98 Å². The predicted molar refractivity (Wildman–Crippen MR) is 265 cm³/mol. The molecule has 11 aromatic rings. The van der Waals surface area contributed by atoms with Gasteiger partial charge in [0.25, 0.3) is 0 Å².